The van der Waals surface area contributed by atoms with Gasteiger partial charge < -0.3 is 31.3 Å². The van der Waals surface area contributed by atoms with E-state index in [-0.39, 0.29) is 49.3 Å². The van der Waals surface area contributed by atoms with Gasteiger partial charge in [-0.2, -0.15) is 0 Å². The second-order valence-electron chi connectivity index (χ2n) is 13.6. The van der Waals surface area contributed by atoms with Gasteiger partial charge in [0.15, 0.2) is 5.78 Å². The lowest BCUT2D eigenvalue weighted by atomic mass is 9.83. The molecule has 0 aromatic heterocycles. The molecule has 47 heavy (non-hydrogen) atoms. The van der Waals surface area contributed by atoms with E-state index in [1.54, 1.807) is 38.1 Å². The molecule has 2 atom stereocenters. The molecule has 1 rings (SSSR count). The number of carbonyl (C=O) groups excluding carboxylic acids is 6. The first kappa shape index (κ1) is 41.2. The number of ketones is 1. The number of ether oxygens (including phenoxy) is 1. The highest BCUT2D eigenvalue weighted by Gasteiger charge is 2.32. The van der Waals surface area contributed by atoms with Gasteiger partial charge in [-0.25, -0.2) is 0 Å². The molecule has 5 N–H and O–H groups in total. The molecule has 0 aliphatic heterocycles. The Morgan fingerprint density at radius 3 is 1.89 bits per heavy atom. The average Bonchev–Trinajstić information content (AvgIpc) is 3.02. The van der Waals surface area contributed by atoms with Crippen molar-refractivity contribution in [3.05, 3.63) is 35.9 Å². The van der Waals surface area contributed by atoms with E-state index in [0.29, 0.717) is 25.4 Å². The van der Waals surface area contributed by atoms with Gasteiger partial charge in [-0.1, -0.05) is 71.9 Å². The Bertz CT molecular complexity index is 1190. The van der Waals surface area contributed by atoms with Crippen LogP contribution in [0.1, 0.15) is 86.6 Å². The number of carbonyl (C=O) groups is 6. The first-order valence-electron chi connectivity index (χ1n) is 16.6. The van der Waals surface area contributed by atoms with Crippen LogP contribution in [0.5, 0.6) is 0 Å². The average molecular weight is 660 g/mol. The molecular weight excluding hydrogens is 602 g/mol. The summed E-state index contributed by atoms with van der Waals surface area (Å²) >= 11 is 0. The lowest BCUT2D eigenvalue weighted by molar-refractivity contribution is -0.135. The smallest absolute Gasteiger partial charge is 0.243 e. The third-order valence-corrected chi connectivity index (χ3v) is 8.12. The van der Waals surface area contributed by atoms with Crippen molar-refractivity contribution in [2.24, 2.45) is 17.3 Å². The van der Waals surface area contributed by atoms with Gasteiger partial charge >= 0.3 is 0 Å². The number of nitrogens with one attached hydrogen (secondary N) is 5. The molecule has 0 aliphatic carbocycles. The van der Waals surface area contributed by atoms with Crippen molar-refractivity contribution in [2.45, 2.75) is 99.1 Å². The predicted molar refractivity (Wildman–Crippen MR) is 181 cm³/mol. The number of Topliss-reactive ketones (excluding diaryl/α,β-unsaturated/α-hetero) is 1. The van der Waals surface area contributed by atoms with Crippen molar-refractivity contribution in [3.63, 3.8) is 0 Å². The van der Waals surface area contributed by atoms with E-state index in [9.17, 15) is 28.8 Å². The Morgan fingerprint density at radius 1 is 0.745 bits per heavy atom. The maximum atomic E-state index is 13.0. The Morgan fingerprint density at radius 2 is 1.32 bits per heavy atom. The molecule has 0 saturated heterocycles. The predicted octanol–water partition coefficient (Wildman–Crippen LogP) is 2.44. The van der Waals surface area contributed by atoms with Crippen molar-refractivity contribution >= 4 is 35.3 Å². The summed E-state index contributed by atoms with van der Waals surface area (Å²) in [6.45, 7) is 14.8. The van der Waals surface area contributed by atoms with Crippen LogP contribution in [0.4, 0.5) is 0 Å². The quantitative estimate of drug-likeness (QED) is 0.127. The molecule has 0 saturated carbocycles. The summed E-state index contributed by atoms with van der Waals surface area (Å²) in [4.78, 5) is 75.1. The maximum Gasteiger partial charge on any atom is 0.243 e. The normalized spacial score (nSPS) is 13.3. The Labute approximate surface area is 280 Å². The van der Waals surface area contributed by atoms with Crippen LogP contribution < -0.4 is 26.6 Å². The minimum absolute atomic E-state index is 0.137. The van der Waals surface area contributed by atoms with Crippen LogP contribution in [0.25, 0.3) is 0 Å². The van der Waals surface area contributed by atoms with Gasteiger partial charge in [-0.15, -0.1) is 0 Å². The molecule has 5 amide bonds. The Kier molecular flexibility index (Phi) is 17.9. The number of rotatable bonds is 22. The topological polar surface area (TPSA) is 172 Å². The van der Waals surface area contributed by atoms with E-state index in [1.165, 1.54) is 0 Å². The molecule has 1 unspecified atom stereocenters. The zero-order valence-corrected chi connectivity index (χ0v) is 29.5. The van der Waals surface area contributed by atoms with Gasteiger partial charge in [-0.05, 0) is 51.0 Å². The number of hydrogen-bond donors (Lipinski definition) is 5. The summed E-state index contributed by atoms with van der Waals surface area (Å²) in [5, 5.41) is 12.7. The lowest BCUT2D eigenvalue weighted by Crippen LogP contribution is -2.52. The summed E-state index contributed by atoms with van der Waals surface area (Å²) in [7, 11) is 0. The van der Waals surface area contributed by atoms with E-state index in [0.717, 1.165) is 18.4 Å². The van der Waals surface area contributed by atoms with Crippen LogP contribution in [0.15, 0.2) is 30.3 Å². The molecule has 0 aliphatic rings. The summed E-state index contributed by atoms with van der Waals surface area (Å²) < 4.78 is 6.09. The van der Waals surface area contributed by atoms with Gasteiger partial charge in [0.2, 0.25) is 29.5 Å². The minimum Gasteiger partial charge on any atom is -0.376 e. The van der Waals surface area contributed by atoms with Crippen LogP contribution in [0.3, 0.4) is 0 Å². The van der Waals surface area contributed by atoms with Crippen LogP contribution in [0.2, 0.25) is 0 Å². The minimum atomic E-state index is -1.03. The van der Waals surface area contributed by atoms with E-state index >= 15 is 0 Å². The highest BCUT2D eigenvalue weighted by atomic mass is 16.5. The zero-order valence-electron chi connectivity index (χ0n) is 29.5. The van der Waals surface area contributed by atoms with Gasteiger partial charge in [0.05, 0.1) is 31.8 Å². The van der Waals surface area contributed by atoms with Crippen molar-refractivity contribution in [2.75, 3.05) is 32.8 Å². The Balaban J connectivity index is 2.63. The molecule has 1 aromatic carbocycles. The fraction of sp³-hybridized carbons (Fsp3) is 0.657. The van der Waals surface area contributed by atoms with E-state index < -0.39 is 41.6 Å². The van der Waals surface area contributed by atoms with Gasteiger partial charge in [0.1, 0.15) is 6.04 Å². The van der Waals surface area contributed by atoms with E-state index in [1.807, 2.05) is 33.8 Å². The number of hydrogen-bond acceptors (Lipinski definition) is 7. The van der Waals surface area contributed by atoms with Crippen molar-refractivity contribution < 1.29 is 33.5 Å². The largest absolute Gasteiger partial charge is 0.376 e. The van der Waals surface area contributed by atoms with E-state index in [2.05, 4.69) is 40.4 Å². The van der Waals surface area contributed by atoms with Crippen molar-refractivity contribution in [1.29, 1.82) is 0 Å². The monoisotopic (exact) mass is 659 g/mol. The van der Waals surface area contributed by atoms with Crippen LogP contribution >= 0.6 is 0 Å². The third kappa shape index (κ3) is 17.1. The molecule has 0 radical (unpaired) electrons. The summed E-state index contributed by atoms with van der Waals surface area (Å²) in [6.07, 6.45) is 3.16. The molecule has 264 valence electrons. The molecular formula is C35H57N5O7. The molecule has 0 spiro atoms. The number of benzene rings is 1. The summed E-state index contributed by atoms with van der Waals surface area (Å²) in [5.41, 5.74) is -0.250. The maximum absolute atomic E-state index is 13.0. The van der Waals surface area contributed by atoms with Crippen LogP contribution in [-0.4, -0.2) is 79.7 Å². The molecule has 12 nitrogen and oxygen atoms in total. The third-order valence-electron chi connectivity index (χ3n) is 8.12. The highest BCUT2D eigenvalue weighted by molar-refractivity contribution is 5.94. The van der Waals surface area contributed by atoms with Crippen LogP contribution in [-0.2, 0) is 39.9 Å². The molecule has 12 heteroatoms. The highest BCUT2D eigenvalue weighted by Crippen LogP contribution is 2.28. The van der Waals surface area contributed by atoms with Gasteiger partial charge in [0, 0.05) is 24.4 Å². The molecule has 0 heterocycles. The number of amides is 5. The Hall–Kier alpha value is -3.80. The molecule has 0 bridgehead atoms. The summed E-state index contributed by atoms with van der Waals surface area (Å²) in [5.74, 6) is -2.39. The SMILES string of the molecule is CCC(C)(CCOC(C)(C)CCC(C)C)C(=O)NCC(=O)NCC(=O)N[C@@H](Cc1ccccc1)C(=O)NCC(=O)NCC(=O)C(C)C. The second kappa shape index (κ2) is 20.4. The summed E-state index contributed by atoms with van der Waals surface area (Å²) in [6, 6.07) is 7.97. The van der Waals surface area contributed by atoms with Crippen molar-refractivity contribution in [3.8, 4) is 0 Å². The molecule has 1 aromatic rings. The zero-order chi connectivity index (χ0) is 35.6. The fourth-order valence-corrected chi connectivity index (χ4v) is 4.37. The fourth-order valence-electron chi connectivity index (χ4n) is 4.37. The first-order chi connectivity index (χ1) is 22.0. The van der Waals surface area contributed by atoms with Crippen molar-refractivity contribution in [1.82, 2.24) is 26.6 Å². The van der Waals surface area contributed by atoms with Gasteiger partial charge in [0.25, 0.3) is 0 Å². The second-order valence-corrected chi connectivity index (χ2v) is 13.6. The lowest BCUT2D eigenvalue weighted by Gasteiger charge is -2.31. The standard InChI is InChI=1S/C35H57N5O7/c1-9-35(8,17-18-47-34(6,7)16-15-24(2)3)33(46)39-22-30(43)37-23-31(44)40-27(19-26-13-11-10-12-14-26)32(45)38-21-29(42)36-20-28(41)25(4)5/h10-14,24-25,27H,9,15-23H2,1-8H3,(H,36,42)(H,37,43)(H,38,45)(H,39,46)(H,40,44)/t27-,35?/m0/s1. The van der Waals surface area contributed by atoms with Gasteiger partial charge in [-0.3, -0.25) is 28.8 Å². The first-order valence-corrected chi connectivity index (χ1v) is 16.6. The van der Waals surface area contributed by atoms with E-state index in [4.69, 9.17) is 4.74 Å². The molecule has 0 fully saturated rings. The van der Waals surface area contributed by atoms with Crippen LogP contribution in [0, 0.1) is 17.3 Å².